The summed E-state index contributed by atoms with van der Waals surface area (Å²) in [5.74, 6) is -0.126. The Bertz CT molecular complexity index is 494. The second-order valence-electron chi connectivity index (χ2n) is 6.05. The number of nitrogens with zero attached hydrogens (tertiary/aromatic N) is 1. The molecule has 1 fully saturated rings. The maximum atomic E-state index is 10.9. The maximum Gasteiger partial charge on any atom is 0.306 e. The van der Waals surface area contributed by atoms with Gasteiger partial charge in [-0.25, -0.2) is 0 Å². The number of fused-ring (bicyclic) bond motifs is 1. The Morgan fingerprint density at radius 1 is 1.47 bits per heavy atom. The molecule has 0 aromatic heterocycles. The summed E-state index contributed by atoms with van der Waals surface area (Å²) >= 11 is 0. The van der Waals surface area contributed by atoms with Gasteiger partial charge in [0.2, 0.25) is 0 Å². The first-order chi connectivity index (χ1) is 9.13. The van der Waals surface area contributed by atoms with Crippen LogP contribution in [0.15, 0.2) is 18.2 Å². The molecule has 1 aliphatic carbocycles. The van der Waals surface area contributed by atoms with E-state index >= 15 is 0 Å². The van der Waals surface area contributed by atoms with Crippen molar-refractivity contribution in [2.24, 2.45) is 11.8 Å². The van der Waals surface area contributed by atoms with E-state index in [4.69, 9.17) is 5.11 Å². The van der Waals surface area contributed by atoms with E-state index in [0.717, 1.165) is 24.4 Å². The molecular formula is C16H21NO2. The Morgan fingerprint density at radius 2 is 2.26 bits per heavy atom. The molecule has 1 aromatic carbocycles. The molecule has 1 saturated carbocycles. The first kappa shape index (κ1) is 12.5. The predicted molar refractivity (Wildman–Crippen MR) is 75.6 cm³/mol. The average Bonchev–Trinajstić information content (AvgIpc) is 3.11. The minimum Gasteiger partial charge on any atom is -0.481 e. The molecule has 3 rings (SSSR count). The lowest BCUT2D eigenvalue weighted by Gasteiger charge is -2.20. The Morgan fingerprint density at radius 3 is 2.95 bits per heavy atom. The summed E-state index contributed by atoms with van der Waals surface area (Å²) in [7, 11) is 0. The smallest absolute Gasteiger partial charge is 0.306 e. The molecule has 0 bridgehead atoms. The first-order valence-corrected chi connectivity index (χ1v) is 7.23. The molecule has 1 heterocycles. The highest BCUT2D eigenvalue weighted by Crippen LogP contribution is 2.35. The van der Waals surface area contributed by atoms with Gasteiger partial charge in [0.15, 0.2) is 0 Å². The maximum absolute atomic E-state index is 10.9. The first-order valence-electron chi connectivity index (χ1n) is 7.23. The number of rotatable bonds is 5. The van der Waals surface area contributed by atoms with Gasteiger partial charge in [-0.2, -0.15) is 0 Å². The van der Waals surface area contributed by atoms with Crippen LogP contribution in [0, 0.1) is 11.8 Å². The van der Waals surface area contributed by atoms with Crippen LogP contribution in [0.5, 0.6) is 0 Å². The van der Waals surface area contributed by atoms with Gasteiger partial charge < -0.3 is 10.0 Å². The molecule has 3 heteroatoms. The van der Waals surface area contributed by atoms with E-state index in [9.17, 15) is 4.79 Å². The van der Waals surface area contributed by atoms with Crippen molar-refractivity contribution in [2.45, 2.75) is 32.6 Å². The van der Waals surface area contributed by atoms with Crippen LogP contribution in [0.4, 0.5) is 5.69 Å². The molecule has 0 amide bonds. The summed E-state index contributed by atoms with van der Waals surface area (Å²) in [6, 6.07) is 6.50. The third kappa shape index (κ3) is 2.75. The van der Waals surface area contributed by atoms with E-state index in [-0.39, 0.29) is 5.92 Å². The number of carboxylic acids is 1. The summed E-state index contributed by atoms with van der Waals surface area (Å²) in [6.07, 6.45) is 4.51. The van der Waals surface area contributed by atoms with Crippen molar-refractivity contribution in [2.75, 3.05) is 18.0 Å². The Kier molecular flexibility index (Phi) is 3.21. The van der Waals surface area contributed by atoms with Crippen molar-refractivity contribution in [3.63, 3.8) is 0 Å². The average molecular weight is 259 g/mol. The monoisotopic (exact) mass is 259 g/mol. The SMILES string of the molecule is CC(Cc1ccc2c(c1)N(CC1CC1)CC2)C(=O)O. The molecule has 1 N–H and O–H groups in total. The van der Waals surface area contributed by atoms with Gasteiger partial charge in [-0.1, -0.05) is 19.1 Å². The van der Waals surface area contributed by atoms with Crippen LogP contribution in [0.3, 0.4) is 0 Å². The van der Waals surface area contributed by atoms with Crippen LogP contribution in [0.1, 0.15) is 30.9 Å². The number of carboxylic acid groups (broad SMARTS) is 1. The third-order valence-corrected chi connectivity index (χ3v) is 4.28. The zero-order chi connectivity index (χ0) is 13.4. The van der Waals surface area contributed by atoms with E-state index in [1.165, 1.54) is 30.6 Å². The molecule has 1 aliphatic heterocycles. The summed E-state index contributed by atoms with van der Waals surface area (Å²) in [6.45, 7) is 4.09. The van der Waals surface area contributed by atoms with Gasteiger partial charge in [-0.15, -0.1) is 0 Å². The largest absolute Gasteiger partial charge is 0.481 e. The fraction of sp³-hybridized carbons (Fsp3) is 0.562. The lowest BCUT2D eigenvalue weighted by Crippen LogP contribution is -2.23. The van der Waals surface area contributed by atoms with E-state index in [1.807, 2.05) is 0 Å². The summed E-state index contributed by atoms with van der Waals surface area (Å²) in [4.78, 5) is 13.4. The standard InChI is InChI=1S/C16H21NO2/c1-11(16(18)19)8-13-4-5-14-6-7-17(15(14)9-13)10-12-2-3-12/h4-5,9,11-12H,2-3,6-8,10H2,1H3,(H,18,19). The number of carbonyl (C=O) groups is 1. The fourth-order valence-corrected chi connectivity index (χ4v) is 2.86. The van der Waals surface area contributed by atoms with Gasteiger partial charge in [-0.05, 0) is 48.8 Å². The molecule has 19 heavy (non-hydrogen) atoms. The highest BCUT2D eigenvalue weighted by Gasteiger charge is 2.28. The number of benzene rings is 1. The van der Waals surface area contributed by atoms with Crippen LogP contribution in [-0.4, -0.2) is 24.2 Å². The second-order valence-corrected chi connectivity index (χ2v) is 6.05. The minimum absolute atomic E-state index is 0.309. The minimum atomic E-state index is -0.713. The Labute approximate surface area is 114 Å². The highest BCUT2D eigenvalue weighted by atomic mass is 16.4. The van der Waals surface area contributed by atoms with E-state index in [2.05, 4.69) is 23.1 Å². The summed E-state index contributed by atoms with van der Waals surface area (Å²) in [5, 5.41) is 9.01. The molecule has 0 spiro atoms. The molecule has 0 saturated heterocycles. The lowest BCUT2D eigenvalue weighted by molar-refractivity contribution is -0.141. The molecule has 1 aromatic rings. The number of anilines is 1. The molecule has 1 unspecified atom stereocenters. The second kappa shape index (κ2) is 4.87. The van der Waals surface area contributed by atoms with Gasteiger partial charge >= 0.3 is 5.97 Å². The predicted octanol–water partition coefficient (Wildman–Crippen LogP) is 2.72. The van der Waals surface area contributed by atoms with Gasteiger partial charge in [0.25, 0.3) is 0 Å². The zero-order valence-corrected chi connectivity index (χ0v) is 11.4. The normalized spacial score (nSPS) is 19.3. The summed E-state index contributed by atoms with van der Waals surface area (Å²) < 4.78 is 0. The number of hydrogen-bond donors (Lipinski definition) is 1. The van der Waals surface area contributed by atoms with Gasteiger partial charge in [0.1, 0.15) is 0 Å². The lowest BCUT2D eigenvalue weighted by atomic mass is 9.99. The van der Waals surface area contributed by atoms with Crippen molar-refractivity contribution in [1.82, 2.24) is 0 Å². The summed E-state index contributed by atoms with van der Waals surface area (Å²) in [5.41, 5.74) is 3.92. The van der Waals surface area contributed by atoms with Crippen LogP contribution < -0.4 is 4.90 Å². The van der Waals surface area contributed by atoms with Gasteiger partial charge in [0, 0.05) is 18.8 Å². The number of aliphatic carboxylic acids is 1. The van der Waals surface area contributed by atoms with Crippen molar-refractivity contribution in [1.29, 1.82) is 0 Å². The van der Waals surface area contributed by atoms with E-state index in [0.29, 0.717) is 6.42 Å². The fourth-order valence-electron chi connectivity index (χ4n) is 2.86. The Balaban J connectivity index is 1.75. The molecular weight excluding hydrogens is 238 g/mol. The molecule has 2 aliphatic rings. The van der Waals surface area contributed by atoms with Crippen LogP contribution in [0.25, 0.3) is 0 Å². The number of hydrogen-bond acceptors (Lipinski definition) is 2. The van der Waals surface area contributed by atoms with E-state index in [1.54, 1.807) is 6.92 Å². The highest BCUT2D eigenvalue weighted by molar-refractivity contribution is 5.70. The van der Waals surface area contributed by atoms with E-state index < -0.39 is 5.97 Å². The molecule has 0 radical (unpaired) electrons. The van der Waals surface area contributed by atoms with Gasteiger partial charge in [-0.3, -0.25) is 4.79 Å². The third-order valence-electron chi connectivity index (χ3n) is 4.28. The van der Waals surface area contributed by atoms with Gasteiger partial charge in [0.05, 0.1) is 5.92 Å². The molecule has 102 valence electrons. The van der Waals surface area contributed by atoms with Crippen molar-refractivity contribution in [3.8, 4) is 0 Å². The quantitative estimate of drug-likeness (QED) is 0.884. The van der Waals surface area contributed by atoms with Crippen LogP contribution in [-0.2, 0) is 17.6 Å². The van der Waals surface area contributed by atoms with Crippen molar-refractivity contribution >= 4 is 11.7 Å². The van der Waals surface area contributed by atoms with Crippen LogP contribution in [0.2, 0.25) is 0 Å². The van der Waals surface area contributed by atoms with Crippen LogP contribution >= 0.6 is 0 Å². The molecule has 3 nitrogen and oxygen atoms in total. The molecule has 1 atom stereocenters. The zero-order valence-electron chi connectivity index (χ0n) is 11.4. The topological polar surface area (TPSA) is 40.5 Å². The van der Waals surface area contributed by atoms with Crippen molar-refractivity contribution in [3.05, 3.63) is 29.3 Å². The Hall–Kier alpha value is -1.51. The van der Waals surface area contributed by atoms with Crippen molar-refractivity contribution < 1.29 is 9.90 Å².